The highest BCUT2D eigenvalue weighted by Gasteiger charge is 2.31. The molecule has 4 nitrogen and oxygen atoms in total. The molecule has 1 aromatic carbocycles. The molecular weight excluding hydrogens is 304 g/mol. The number of nitrogen functional groups attached to an aromatic ring is 1. The Morgan fingerprint density at radius 1 is 1.53 bits per heavy atom. The average Bonchev–Trinajstić information content (AvgIpc) is 2.38. The van der Waals surface area contributed by atoms with Crippen molar-refractivity contribution >= 4 is 39.1 Å². The van der Waals surface area contributed by atoms with Gasteiger partial charge in [0.05, 0.1) is 5.69 Å². The third kappa shape index (κ3) is 3.18. The van der Waals surface area contributed by atoms with Crippen molar-refractivity contribution in [1.29, 1.82) is 0 Å². The lowest BCUT2D eigenvalue weighted by Crippen LogP contribution is -2.41. The summed E-state index contributed by atoms with van der Waals surface area (Å²) < 4.78 is 26.7. The van der Waals surface area contributed by atoms with Gasteiger partial charge in [-0.05, 0) is 24.6 Å². The van der Waals surface area contributed by atoms with Gasteiger partial charge in [-0.3, -0.25) is 0 Å². The second-order valence-corrected chi connectivity index (χ2v) is 8.20. The van der Waals surface area contributed by atoms with Crippen LogP contribution >= 0.6 is 23.4 Å². The third-order valence-electron chi connectivity index (χ3n) is 3.15. The molecule has 1 saturated heterocycles. The van der Waals surface area contributed by atoms with Crippen LogP contribution in [0, 0.1) is 0 Å². The molecule has 1 atom stereocenters. The molecule has 0 radical (unpaired) electrons. The molecule has 0 bridgehead atoms. The van der Waals surface area contributed by atoms with Gasteiger partial charge in [-0.2, -0.15) is 16.1 Å². The second-order valence-electron chi connectivity index (χ2n) is 4.45. The number of hydrogen-bond acceptors (Lipinski definition) is 4. The van der Waals surface area contributed by atoms with Gasteiger partial charge in [0.25, 0.3) is 0 Å². The van der Waals surface area contributed by atoms with E-state index in [0.717, 1.165) is 12.2 Å². The smallest absolute Gasteiger partial charge is 0.245 e. The lowest BCUT2D eigenvalue weighted by Gasteiger charge is -2.31. The van der Waals surface area contributed by atoms with Crippen molar-refractivity contribution in [3.8, 4) is 0 Å². The lowest BCUT2D eigenvalue weighted by atomic mass is 10.3. The molecule has 0 amide bonds. The molecule has 0 spiro atoms. The molecule has 0 aliphatic carbocycles. The Kier molecular flexibility index (Phi) is 4.66. The summed E-state index contributed by atoms with van der Waals surface area (Å²) in [5, 5.41) is 0.800. The van der Waals surface area contributed by atoms with E-state index in [-0.39, 0.29) is 10.6 Å². The molecule has 19 heavy (non-hydrogen) atoms. The number of thioether (sulfide) groups is 1. The van der Waals surface area contributed by atoms with E-state index in [0.29, 0.717) is 23.4 Å². The van der Waals surface area contributed by atoms with Crippen LogP contribution in [-0.2, 0) is 10.0 Å². The fraction of sp³-hybridized carbons (Fsp3) is 0.500. The van der Waals surface area contributed by atoms with Crippen LogP contribution in [-0.4, -0.2) is 36.8 Å². The van der Waals surface area contributed by atoms with E-state index < -0.39 is 10.0 Å². The summed E-state index contributed by atoms with van der Waals surface area (Å²) in [5.41, 5.74) is 5.99. The van der Waals surface area contributed by atoms with Gasteiger partial charge in [-0.15, -0.1) is 0 Å². The van der Waals surface area contributed by atoms with Crippen molar-refractivity contribution in [3.05, 3.63) is 23.2 Å². The highest BCUT2D eigenvalue weighted by Crippen LogP contribution is 2.29. The summed E-state index contributed by atoms with van der Waals surface area (Å²) in [6.45, 7) is 3.15. The van der Waals surface area contributed by atoms with E-state index in [1.807, 2.05) is 11.8 Å². The molecule has 0 aromatic heterocycles. The highest BCUT2D eigenvalue weighted by molar-refractivity contribution is 8.00. The summed E-state index contributed by atoms with van der Waals surface area (Å²) in [6.07, 6.45) is 0.965. The first-order chi connectivity index (χ1) is 8.95. The van der Waals surface area contributed by atoms with Crippen LogP contribution in [0.15, 0.2) is 23.1 Å². The third-order valence-corrected chi connectivity index (χ3v) is 6.69. The first-order valence-electron chi connectivity index (χ1n) is 6.12. The van der Waals surface area contributed by atoms with E-state index in [4.69, 9.17) is 17.3 Å². The van der Waals surface area contributed by atoms with E-state index >= 15 is 0 Å². The summed E-state index contributed by atoms with van der Waals surface area (Å²) >= 11 is 7.63. The summed E-state index contributed by atoms with van der Waals surface area (Å²) in [5.74, 6) is 0.825. The molecular formula is C12H17ClN2O2S2. The van der Waals surface area contributed by atoms with Gasteiger partial charge < -0.3 is 5.73 Å². The van der Waals surface area contributed by atoms with Crippen molar-refractivity contribution in [3.63, 3.8) is 0 Å². The number of nitrogens with two attached hydrogens (primary N) is 1. The Labute approximate surface area is 123 Å². The maximum absolute atomic E-state index is 12.6. The van der Waals surface area contributed by atoms with Gasteiger partial charge in [0.2, 0.25) is 10.0 Å². The highest BCUT2D eigenvalue weighted by atomic mass is 35.5. The summed E-state index contributed by atoms with van der Waals surface area (Å²) in [6, 6.07) is 4.51. The molecule has 2 rings (SSSR count). The van der Waals surface area contributed by atoms with Crippen LogP contribution in [0.3, 0.4) is 0 Å². The van der Waals surface area contributed by atoms with E-state index in [9.17, 15) is 8.42 Å². The Balaban J connectivity index is 2.31. The Hall–Kier alpha value is -0.430. The zero-order valence-electron chi connectivity index (χ0n) is 10.7. The topological polar surface area (TPSA) is 63.4 Å². The minimum absolute atomic E-state index is 0.152. The predicted molar refractivity (Wildman–Crippen MR) is 81.2 cm³/mol. The van der Waals surface area contributed by atoms with Crippen LogP contribution in [0.1, 0.15) is 13.3 Å². The first kappa shape index (κ1) is 15.0. The van der Waals surface area contributed by atoms with Crippen LogP contribution in [0.2, 0.25) is 5.02 Å². The fourth-order valence-electron chi connectivity index (χ4n) is 2.05. The minimum atomic E-state index is -3.52. The molecule has 2 N–H and O–H groups in total. The van der Waals surface area contributed by atoms with E-state index in [2.05, 4.69) is 6.92 Å². The Morgan fingerprint density at radius 3 is 2.89 bits per heavy atom. The molecule has 7 heteroatoms. The molecule has 1 heterocycles. The zero-order chi connectivity index (χ0) is 14.0. The largest absolute Gasteiger partial charge is 0.398 e. The van der Waals surface area contributed by atoms with Crippen molar-refractivity contribution in [1.82, 2.24) is 4.31 Å². The standard InChI is InChI=1S/C12H17ClN2O2S2/c1-2-10-8-15(5-6-18-10)19(16,17)12-4-3-9(13)7-11(12)14/h3-4,7,10H,2,5-6,8,14H2,1H3. The molecule has 0 saturated carbocycles. The number of anilines is 1. The monoisotopic (exact) mass is 320 g/mol. The Morgan fingerprint density at radius 2 is 2.26 bits per heavy atom. The minimum Gasteiger partial charge on any atom is -0.398 e. The van der Waals surface area contributed by atoms with Gasteiger partial charge in [0.15, 0.2) is 0 Å². The van der Waals surface area contributed by atoms with Gasteiger partial charge in [0, 0.05) is 29.1 Å². The maximum Gasteiger partial charge on any atom is 0.245 e. The number of rotatable bonds is 3. The number of halogens is 1. The zero-order valence-corrected chi connectivity index (χ0v) is 13.1. The van der Waals surface area contributed by atoms with Crippen LogP contribution in [0.5, 0.6) is 0 Å². The van der Waals surface area contributed by atoms with E-state index in [1.165, 1.54) is 16.4 Å². The Bertz CT molecular complexity index is 563. The maximum atomic E-state index is 12.6. The molecule has 106 valence electrons. The normalized spacial score (nSPS) is 21.5. The molecule has 1 aromatic rings. The van der Waals surface area contributed by atoms with Crippen LogP contribution in [0.25, 0.3) is 0 Å². The number of benzene rings is 1. The van der Waals surface area contributed by atoms with Crippen molar-refractivity contribution < 1.29 is 8.42 Å². The van der Waals surface area contributed by atoms with Gasteiger partial charge >= 0.3 is 0 Å². The van der Waals surface area contributed by atoms with Crippen molar-refractivity contribution in [2.75, 3.05) is 24.6 Å². The first-order valence-corrected chi connectivity index (χ1v) is 8.98. The quantitative estimate of drug-likeness (QED) is 0.869. The summed E-state index contributed by atoms with van der Waals surface area (Å²) in [7, 11) is -3.52. The number of sulfonamides is 1. The van der Waals surface area contributed by atoms with Crippen molar-refractivity contribution in [2.45, 2.75) is 23.5 Å². The SMILES string of the molecule is CCC1CN(S(=O)(=O)c2ccc(Cl)cc2N)CCS1. The lowest BCUT2D eigenvalue weighted by molar-refractivity contribution is 0.416. The van der Waals surface area contributed by atoms with Gasteiger partial charge in [0.1, 0.15) is 4.90 Å². The molecule has 1 aliphatic heterocycles. The van der Waals surface area contributed by atoms with Crippen LogP contribution in [0.4, 0.5) is 5.69 Å². The fourth-order valence-corrected chi connectivity index (χ4v) is 5.20. The number of nitrogens with zero attached hydrogens (tertiary/aromatic N) is 1. The molecule has 1 fully saturated rings. The second kappa shape index (κ2) is 5.91. The van der Waals surface area contributed by atoms with Crippen LogP contribution < -0.4 is 5.73 Å². The number of hydrogen-bond donors (Lipinski definition) is 1. The van der Waals surface area contributed by atoms with E-state index in [1.54, 1.807) is 6.07 Å². The van der Waals surface area contributed by atoms with Gasteiger partial charge in [-0.25, -0.2) is 8.42 Å². The molecule has 1 unspecified atom stereocenters. The summed E-state index contributed by atoms with van der Waals surface area (Å²) in [4.78, 5) is 0.152. The predicted octanol–water partition coefficient (Wildman–Crippen LogP) is 2.44. The van der Waals surface area contributed by atoms with Crippen molar-refractivity contribution in [2.24, 2.45) is 0 Å². The molecule has 1 aliphatic rings. The average molecular weight is 321 g/mol. The van der Waals surface area contributed by atoms with Gasteiger partial charge in [-0.1, -0.05) is 18.5 Å².